The topological polar surface area (TPSA) is 54.3 Å². The summed E-state index contributed by atoms with van der Waals surface area (Å²) in [5, 5.41) is 4.52. The third-order valence-corrected chi connectivity index (χ3v) is 2.71. The Morgan fingerprint density at radius 3 is 2.58 bits per heavy atom. The van der Waals surface area contributed by atoms with E-state index in [0.29, 0.717) is 5.76 Å². The van der Waals surface area contributed by atoms with Crippen LogP contribution in [0, 0.1) is 11.6 Å². The number of nitrogens with one attached hydrogen (secondary N) is 2. The minimum atomic E-state index is -0.861. The molecule has 7 heteroatoms. The molecule has 2 aromatic rings. The number of urea groups is 1. The van der Waals surface area contributed by atoms with Gasteiger partial charge in [0.05, 0.1) is 12.8 Å². The largest absolute Gasteiger partial charge is 0.467 e. The van der Waals surface area contributed by atoms with Crippen molar-refractivity contribution in [2.45, 2.75) is 6.54 Å². The van der Waals surface area contributed by atoms with E-state index in [4.69, 9.17) is 4.42 Å². The quantitative estimate of drug-likeness (QED) is 0.902. The van der Waals surface area contributed by atoms with Crippen LogP contribution in [0.3, 0.4) is 0 Å². The Kier molecular flexibility index (Phi) is 4.16. The van der Waals surface area contributed by atoms with E-state index in [0.717, 1.165) is 12.1 Å². The molecule has 19 heavy (non-hydrogen) atoms. The minimum absolute atomic E-state index is 0.124. The molecule has 0 saturated carbocycles. The lowest BCUT2D eigenvalue weighted by molar-refractivity contribution is 0.250. The highest BCUT2D eigenvalue weighted by Gasteiger charge is 2.13. The average molecular weight is 331 g/mol. The van der Waals surface area contributed by atoms with Crippen molar-refractivity contribution in [3.05, 3.63) is 52.4 Å². The SMILES string of the molecule is O=C(NCc1ccco1)Nc1c(F)cc(Br)cc1F. The molecule has 0 radical (unpaired) electrons. The van der Waals surface area contributed by atoms with Crippen LogP contribution in [0.1, 0.15) is 5.76 Å². The van der Waals surface area contributed by atoms with Gasteiger partial charge >= 0.3 is 6.03 Å². The number of anilines is 1. The predicted molar refractivity (Wildman–Crippen MR) is 68.6 cm³/mol. The van der Waals surface area contributed by atoms with E-state index in [1.165, 1.54) is 6.26 Å². The molecule has 0 atom stereocenters. The van der Waals surface area contributed by atoms with Gasteiger partial charge < -0.3 is 15.1 Å². The molecule has 1 aromatic heterocycles. The van der Waals surface area contributed by atoms with Crippen molar-refractivity contribution in [2.24, 2.45) is 0 Å². The normalized spacial score (nSPS) is 10.3. The molecule has 0 aliphatic carbocycles. The van der Waals surface area contributed by atoms with Crippen LogP contribution >= 0.6 is 15.9 Å². The van der Waals surface area contributed by atoms with E-state index in [1.54, 1.807) is 12.1 Å². The standard InChI is InChI=1S/C12H9BrF2N2O2/c13-7-4-9(14)11(10(15)5-7)17-12(18)16-6-8-2-1-3-19-8/h1-5H,6H2,(H2,16,17,18). The third kappa shape index (κ3) is 3.54. The minimum Gasteiger partial charge on any atom is -0.467 e. The van der Waals surface area contributed by atoms with Gasteiger partial charge in [-0.3, -0.25) is 0 Å². The van der Waals surface area contributed by atoms with Gasteiger partial charge in [-0.15, -0.1) is 0 Å². The molecule has 2 amide bonds. The Hall–Kier alpha value is -1.89. The number of rotatable bonds is 3. The fraction of sp³-hybridized carbons (Fsp3) is 0.0833. The van der Waals surface area contributed by atoms with Gasteiger partial charge in [0, 0.05) is 4.47 Å². The monoisotopic (exact) mass is 330 g/mol. The van der Waals surface area contributed by atoms with Crippen LogP contribution in [-0.4, -0.2) is 6.03 Å². The first-order chi connectivity index (χ1) is 9.06. The van der Waals surface area contributed by atoms with Crippen LogP contribution in [0.2, 0.25) is 0 Å². The average Bonchev–Trinajstić information content (AvgIpc) is 2.84. The van der Waals surface area contributed by atoms with Crippen LogP contribution in [0.25, 0.3) is 0 Å². The zero-order valence-corrected chi connectivity index (χ0v) is 11.1. The highest BCUT2D eigenvalue weighted by Crippen LogP contribution is 2.23. The Balaban J connectivity index is 1.99. The summed E-state index contributed by atoms with van der Waals surface area (Å²) in [6.45, 7) is 0.124. The van der Waals surface area contributed by atoms with Crippen molar-refractivity contribution in [2.75, 3.05) is 5.32 Å². The molecule has 100 valence electrons. The summed E-state index contributed by atoms with van der Waals surface area (Å²) in [4.78, 5) is 11.5. The Bertz CT molecular complexity index is 564. The number of hydrogen-bond donors (Lipinski definition) is 2. The fourth-order valence-electron chi connectivity index (χ4n) is 1.40. The molecule has 0 aliphatic heterocycles. The van der Waals surface area contributed by atoms with Gasteiger partial charge in [-0.1, -0.05) is 15.9 Å². The molecule has 1 heterocycles. The Morgan fingerprint density at radius 1 is 1.32 bits per heavy atom. The molecule has 0 bridgehead atoms. The number of furan rings is 1. The summed E-state index contributed by atoms with van der Waals surface area (Å²) in [5.41, 5.74) is -0.500. The van der Waals surface area contributed by atoms with Gasteiger partial charge in [0.2, 0.25) is 0 Å². The number of hydrogen-bond acceptors (Lipinski definition) is 2. The number of halogens is 3. The van der Waals surface area contributed by atoms with Crippen LogP contribution in [0.5, 0.6) is 0 Å². The van der Waals surface area contributed by atoms with Crippen LogP contribution in [0.4, 0.5) is 19.3 Å². The second kappa shape index (κ2) is 5.83. The van der Waals surface area contributed by atoms with E-state index in [2.05, 4.69) is 26.6 Å². The van der Waals surface area contributed by atoms with Gasteiger partial charge in [0.15, 0.2) is 11.6 Å². The van der Waals surface area contributed by atoms with Crippen molar-refractivity contribution in [3.63, 3.8) is 0 Å². The summed E-state index contributed by atoms with van der Waals surface area (Å²) in [5.74, 6) is -1.19. The molecule has 1 aromatic carbocycles. The van der Waals surface area contributed by atoms with Crippen molar-refractivity contribution in [1.29, 1.82) is 0 Å². The molecule has 4 nitrogen and oxygen atoms in total. The van der Waals surface area contributed by atoms with Gasteiger partial charge in [0.1, 0.15) is 11.4 Å². The van der Waals surface area contributed by atoms with Crippen molar-refractivity contribution < 1.29 is 18.0 Å². The van der Waals surface area contributed by atoms with Crippen molar-refractivity contribution in [1.82, 2.24) is 5.32 Å². The number of amides is 2. The molecular formula is C12H9BrF2N2O2. The van der Waals surface area contributed by atoms with Gasteiger partial charge in [-0.05, 0) is 24.3 Å². The third-order valence-electron chi connectivity index (χ3n) is 2.25. The molecule has 0 spiro atoms. The summed E-state index contributed by atoms with van der Waals surface area (Å²) >= 11 is 2.95. The van der Waals surface area contributed by atoms with Crippen LogP contribution in [0.15, 0.2) is 39.4 Å². The van der Waals surface area contributed by atoms with Crippen molar-refractivity contribution in [3.8, 4) is 0 Å². The first-order valence-electron chi connectivity index (χ1n) is 5.28. The maximum Gasteiger partial charge on any atom is 0.319 e. The second-order valence-electron chi connectivity index (χ2n) is 3.63. The van der Waals surface area contributed by atoms with Crippen LogP contribution < -0.4 is 10.6 Å². The Labute approximate surface area is 115 Å². The van der Waals surface area contributed by atoms with E-state index < -0.39 is 23.4 Å². The summed E-state index contributed by atoms with van der Waals surface area (Å²) < 4.78 is 32.2. The molecular weight excluding hydrogens is 322 g/mol. The number of carbonyl (C=O) groups is 1. The second-order valence-corrected chi connectivity index (χ2v) is 4.55. The highest BCUT2D eigenvalue weighted by atomic mass is 79.9. The lowest BCUT2D eigenvalue weighted by Crippen LogP contribution is -2.28. The molecule has 0 unspecified atom stereocenters. The number of carbonyl (C=O) groups excluding carboxylic acids is 1. The number of benzene rings is 1. The predicted octanol–water partition coefficient (Wildman–Crippen LogP) is 3.64. The zero-order valence-electron chi connectivity index (χ0n) is 9.54. The smallest absolute Gasteiger partial charge is 0.319 e. The molecule has 0 aliphatic rings. The molecule has 2 rings (SSSR count). The summed E-state index contributed by atoms with van der Waals surface area (Å²) in [6, 6.07) is 4.73. The first kappa shape index (κ1) is 13.5. The fourth-order valence-corrected chi connectivity index (χ4v) is 1.80. The lowest BCUT2D eigenvalue weighted by atomic mass is 10.3. The van der Waals surface area contributed by atoms with E-state index >= 15 is 0 Å². The van der Waals surface area contributed by atoms with E-state index in [-0.39, 0.29) is 11.0 Å². The Morgan fingerprint density at radius 2 is 2.00 bits per heavy atom. The molecule has 0 fully saturated rings. The molecule has 2 N–H and O–H groups in total. The first-order valence-corrected chi connectivity index (χ1v) is 6.07. The van der Waals surface area contributed by atoms with E-state index in [1.807, 2.05) is 0 Å². The summed E-state index contributed by atoms with van der Waals surface area (Å²) in [6.07, 6.45) is 1.46. The lowest BCUT2D eigenvalue weighted by Gasteiger charge is -2.08. The maximum atomic E-state index is 13.5. The highest BCUT2D eigenvalue weighted by molar-refractivity contribution is 9.10. The van der Waals surface area contributed by atoms with Crippen molar-refractivity contribution >= 4 is 27.6 Å². The summed E-state index contributed by atoms with van der Waals surface area (Å²) in [7, 11) is 0. The van der Waals surface area contributed by atoms with Gasteiger partial charge in [0.25, 0.3) is 0 Å². The van der Waals surface area contributed by atoms with E-state index in [9.17, 15) is 13.6 Å². The van der Waals surface area contributed by atoms with Gasteiger partial charge in [-0.2, -0.15) is 0 Å². The zero-order chi connectivity index (χ0) is 13.8. The van der Waals surface area contributed by atoms with Crippen LogP contribution in [-0.2, 0) is 6.54 Å². The van der Waals surface area contributed by atoms with Gasteiger partial charge in [-0.25, -0.2) is 13.6 Å². The maximum absolute atomic E-state index is 13.5. The molecule has 0 saturated heterocycles.